The third-order valence-corrected chi connectivity index (χ3v) is 7.34. The molecule has 4 aromatic rings. The van der Waals surface area contributed by atoms with Gasteiger partial charge in [0.05, 0.1) is 0 Å². The van der Waals surface area contributed by atoms with Crippen LogP contribution in [0.3, 0.4) is 0 Å². The summed E-state index contributed by atoms with van der Waals surface area (Å²) >= 11 is 0. The van der Waals surface area contributed by atoms with Crippen LogP contribution in [-0.2, 0) is 16.0 Å². The molecule has 0 unspecified atom stereocenters. The van der Waals surface area contributed by atoms with Crippen LogP contribution < -0.4 is 5.32 Å². The molecular formula is C31H31N3O4. The van der Waals surface area contributed by atoms with E-state index in [4.69, 9.17) is 0 Å². The van der Waals surface area contributed by atoms with E-state index in [1.54, 1.807) is 11.1 Å². The lowest BCUT2D eigenvalue weighted by Crippen LogP contribution is -2.53. The lowest BCUT2D eigenvalue weighted by molar-refractivity contribution is -0.142. The van der Waals surface area contributed by atoms with Gasteiger partial charge >= 0.3 is 5.97 Å². The third-order valence-electron chi connectivity index (χ3n) is 7.34. The molecule has 1 fully saturated rings. The Balaban J connectivity index is 1.45. The number of carboxylic acids is 1. The summed E-state index contributed by atoms with van der Waals surface area (Å²) in [4.78, 5) is 44.6. The predicted molar refractivity (Wildman–Crippen MR) is 146 cm³/mol. The summed E-state index contributed by atoms with van der Waals surface area (Å²) in [6.45, 7) is 4.28. The molecule has 194 valence electrons. The van der Waals surface area contributed by atoms with Gasteiger partial charge in [-0.15, -0.1) is 0 Å². The smallest absolute Gasteiger partial charge is 0.326 e. The van der Waals surface area contributed by atoms with Crippen LogP contribution in [-0.4, -0.2) is 51.4 Å². The van der Waals surface area contributed by atoms with Crippen LogP contribution in [0.15, 0.2) is 79.0 Å². The average Bonchev–Trinajstić information content (AvgIpc) is 3.52. The molecule has 3 aromatic carbocycles. The summed E-state index contributed by atoms with van der Waals surface area (Å²) in [6, 6.07) is 21.0. The molecule has 2 amide bonds. The normalized spacial score (nSPS) is 17.9. The van der Waals surface area contributed by atoms with Crippen LogP contribution in [0.1, 0.15) is 45.0 Å². The molecule has 1 aromatic heterocycles. The van der Waals surface area contributed by atoms with Crippen LogP contribution in [0.25, 0.3) is 10.9 Å². The Hall–Kier alpha value is -4.39. The van der Waals surface area contributed by atoms with Gasteiger partial charge in [0.15, 0.2) is 0 Å². The number of amides is 2. The summed E-state index contributed by atoms with van der Waals surface area (Å²) in [5, 5.41) is 13.7. The van der Waals surface area contributed by atoms with Crippen LogP contribution in [0, 0.1) is 13.8 Å². The Labute approximate surface area is 221 Å². The maximum atomic E-state index is 13.8. The molecule has 5 rings (SSSR count). The number of carbonyl (C=O) groups is 3. The summed E-state index contributed by atoms with van der Waals surface area (Å²) in [7, 11) is 0. The van der Waals surface area contributed by atoms with Crippen molar-refractivity contribution in [1.29, 1.82) is 0 Å². The number of nitrogens with zero attached hydrogens (tertiary/aromatic N) is 1. The van der Waals surface area contributed by atoms with Crippen molar-refractivity contribution in [3.05, 3.63) is 107 Å². The first kappa shape index (κ1) is 25.3. The number of H-pyrrole nitrogens is 1. The van der Waals surface area contributed by atoms with E-state index in [1.807, 2.05) is 86.6 Å². The molecule has 0 radical (unpaired) electrons. The molecule has 3 atom stereocenters. The molecule has 1 aliphatic heterocycles. The second-order valence-corrected chi connectivity index (χ2v) is 10.1. The Morgan fingerprint density at radius 3 is 2.39 bits per heavy atom. The van der Waals surface area contributed by atoms with E-state index in [9.17, 15) is 19.5 Å². The zero-order chi connectivity index (χ0) is 26.8. The maximum absolute atomic E-state index is 13.8. The highest BCUT2D eigenvalue weighted by molar-refractivity contribution is 5.99. The molecule has 0 spiro atoms. The van der Waals surface area contributed by atoms with Gasteiger partial charge in [0.1, 0.15) is 12.1 Å². The van der Waals surface area contributed by atoms with E-state index in [2.05, 4.69) is 10.3 Å². The van der Waals surface area contributed by atoms with Crippen LogP contribution in [0.5, 0.6) is 0 Å². The standard InChI is InChI=1S/C31H31N3O4/c1-19-14-20(2)16-22(15-19)30(36)34-13-12-25(21-8-4-3-5-9-21)28(34)29(35)33-27(31(37)38)17-23-18-32-26-11-7-6-10-24(23)26/h3-11,14-16,18,25,27-28,32H,12-13,17H2,1-2H3,(H,33,35)(H,37,38)/t25-,27-,28+/m0/s1. The van der Waals surface area contributed by atoms with Gasteiger partial charge in [0, 0.05) is 41.5 Å². The fraction of sp³-hybridized carbons (Fsp3) is 0.258. The number of aryl methyl sites for hydroxylation is 2. The molecule has 0 bridgehead atoms. The van der Waals surface area contributed by atoms with E-state index in [-0.39, 0.29) is 18.2 Å². The third kappa shape index (κ3) is 5.05. The number of rotatable bonds is 7. The van der Waals surface area contributed by atoms with E-state index in [0.29, 0.717) is 18.5 Å². The number of aromatic amines is 1. The lowest BCUT2D eigenvalue weighted by atomic mass is 9.90. The van der Waals surface area contributed by atoms with Crippen LogP contribution in [0.4, 0.5) is 0 Å². The molecule has 7 nitrogen and oxygen atoms in total. The minimum atomic E-state index is -1.14. The van der Waals surface area contributed by atoms with Crippen molar-refractivity contribution < 1.29 is 19.5 Å². The first-order chi connectivity index (χ1) is 18.3. The van der Waals surface area contributed by atoms with E-state index >= 15 is 0 Å². The van der Waals surface area contributed by atoms with Gasteiger partial charge in [0.2, 0.25) is 5.91 Å². The Morgan fingerprint density at radius 1 is 1.00 bits per heavy atom. The topological polar surface area (TPSA) is 103 Å². The van der Waals surface area contributed by atoms with E-state index < -0.39 is 24.0 Å². The number of fused-ring (bicyclic) bond motifs is 1. The SMILES string of the molecule is Cc1cc(C)cc(C(=O)N2CC[C@@H](c3ccccc3)[C@@H]2C(=O)N[C@@H](Cc2c[nH]c3ccccc23)C(=O)O)c1. The molecule has 0 aliphatic carbocycles. The fourth-order valence-electron chi connectivity index (χ4n) is 5.64. The molecule has 7 heteroatoms. The van der Waals surface area contributed by atoms with Gasteiger partial charge < -0.3 is 20.3 Å². The zero-order valence-corrected chi connectivity index (χ0v) is 21.5. The number of aromatic nitrogens is 1. The van der Waals surface area contributed by atoms with Crippen molar-refractivity contribution in [1.82, 2.24) is 15.2 Å². The number of nitrogens with one attached hydrogen (secondary N) is 2. The highest BCUT2D eigenvalue weighted by Crippen LogP contribution is 2.35. The second-order valence-electron chi connectivity index (χ2n) is 10.1. The summed E-state index contributed by atoms with van der Waals surface area (Å²) in [5.41, 5.74) is 5.13. The van der Waals surface area contributed by atoms with Crippen molar-refractivity contribution in [3.8, 4) is 0 Å². The van der Waals surface area contributed by atoms with Gasteiger partial charge in [-0.2, -0.15) is 0 Å². The first-order valence-corrected chi connectivity index (χ1v) is 12.8. The largest absolute Gasteiger partial charge is 0.480 e. The monoisotopic (exact) mass is 509 g/mol. The van der Waals surface area contributed by atoms with Gasteiger partial charge in [-0.1, -0.05) is 65.7 Å². The number of para-hydroxylation sites is 1. The minimum Gasteiger partial charge on any atom is -0.480 e. The number of likely N-dealkylation sites (tertiary alicyclic amines) is 1. The molecule has 2 heterocycles. The average molecular weight is 510 g/mol. The molecule has 0 saturated carbocycles. The molecule has 1 aliphatic rings. The maximum Gasteiger partial charge on any atom is 0.326 e. The zero-order valence-electron chi connectivity index (χ0n) is 21.5. The second kappa shape index (κ2) is 10.5. The van der Waals surface area contributed by atoms with E-state index in [1.165, 1.54) is 0 Å². The number of hydrogen-bond acceptors (Lipinski definition) is 3. The van der Waals surface area contributed by atoms with Gasteiger partial charge in [-0.3, -0.25) is 9.59 Å². The number of aliphatic carboxylic acids is 1. The van der Waals surface area contributed by atoms with Crippen LogP contribution in [0.2, 0.25) is 0 Å². The number of carboxylic acid groups (broad SMARTS) is 1. The fourth-order valence-corrected chi connectivity index (χ4v) is 5.64. The number of benzene rings is 3. The van der Waals surface area contributed by atoms with Crippen molar-refractivity contribution in [3.63, 3.8) is 0 Å². The van der Waals surface area contributed by atoms with Gasteiger partial charge in [-0.25, -0.2) is 4.79 Å². The number of carbonyl (C=O) groups excluding carboxylic acids is 2. The van der Waals surface area contributed by atoms with Crippen molar-refractivity contribution in [2.45, 2.75) is 44.7 Å². The number of hydrogen-bond donors (Lipinski definition) is 3. The first-order valence-electron chi connectivity index (χ1n) is 12.8. The Kier molecular flexibility index (Phi) is 7.01. The van der Waals surface area contributed by atoms with Crippen molar-refractivity contribution in [2.75, 3.05) is 6.54 Å². The molecule has 3 N–H and O–H groups in total. The highest BCUT2D eigenvalue weighted by Gasteiger charge is 2.43. The summed E-state index contributed by atoms with van der Waals surface area (Å²) in [6.07, 6.45) is 2.52. The van der Waals surface area contributed by atoms with Gasteiger partial charge in [-0.05, 0) is 49.6 Å². The Bertz CT molecular complexity index is 1470. The highest BCUT2D eigenvalue weighted by atomic mass is 16.4. The minimum absolute atomic E-state index is 0.124. The quantitative estimate of drug-likeness (QED) is 0.339. The molecule has 1 saturated heterocycles. The lowest BCUT2D eigenvalue weighted by Gasteiger charge is -2.29. The Morgan fingerprint density at radius 2 is 1.68 bits per heavy atom. The predicted octanol–water partition coefficient (Wildman–Crippen LogP) is 4.60. The van der Waals surface area contributed by atoms with Crippen molar-refractivity contribution in [2.24, 2.45) is 0 Å². The van der Waals surface area contributed by atoms with Crippen LogP contribution >= 0.6 is 0 Å². The van der Waals surface area contributed by atoms with Crippen molar-refractivity contribution >= 4 is 28.7 Å². The summed E-state index contributed by atoms with van der Waals surface area (Å²) in [5.74, 6) is -2.04. The molecular weight excluding hydrogens is 478 g/mol. The summed E-state index contributed by atoms with van der Waals surface area (Å²) < 4.78 is 0. The molecule has 38 heavy (non-hydrogen) atoms. The van der Waals surface area contributed by atoms with Gasteiger partial charge in [0.25, 0.3) is 5.91 Å². The van der Waals surface area contributed by atoms with E-state index in [0.717, 1.165) is 33.2 Å².